The minimum atomic E-state index is -0.930. The average Bonchev–Trinajstić information content (AvgIpc) is 3.10. The van der Waals surface area contributed by atoms with Gasteiger partial charge in [-0.15, -0.1) is 0 Å². The van der Waals surface area contributed by atoms with E-state index in [1.807, 2.05) is 18.7 Å². The second kappa shape index (κ2) is 13.6. The van der Waals surface area contributed by atoms with Crippen molar-refractivity contribution in [2.45, 2.75) is 78.6 Å². The summed E-state index contributed by atoms with van der Waals surface area (Å²) in [5.74, 6) is -2.90. The number of carbonyl (C=O) groups excluding carboxylic acids is 4. The van der Waals surface area contributed by atoms with E-state index in [2.05, 4.69) is 5.32 Å². The van der Waals surface area contributed by atoms with Crippen LogP contribution in [0, 0.1) is 17.8 Å². The highest BCUT2D eigenvalue weighted by Crippen LogP contribution is 2.33. The Morgan fingerprint density at radius 3 is 2.33 bits per heavy atom. The molecule has 5 unspecified atom stereocenters. The normalized spacial score (nSPS) is 22.9. The first-order chi connectivity index (χ1) is 15.5. The molecule has 0 saturated carbocycles. The number of carbonyl (C=O) groups is 4. The molecule has 1 saturated heterocycles. The van der Waals surface area contributed by atoms with Crippen molar-refractivity contribution in [3.63, 3.8) is 0 Å². The molecule has 1 fully saturated rings. The number of amides is 1. The summed E-state index contributed by atoms with van der Waals surface area (Å²) in [6.45, 7) is 11.9. The van der Waals surface area contributed by atoms with Crippen molar-refractivity contribution in [3.05, 3.63) is 0 Å². The third kappa shape index (κ3) is 9.04. The molecule has 0 aromatic carbocycles. The van der Waals surface area contributed by atoms with Crippen LogP contribution in [0.25, 0.3) is 0 Å². The molecule has 9 nitrogen and oxygen atoms in total. The maximum atomic E-state index is 13.2. The van der Waals surface area contributed by atoms with Gasteiger partial charge in [-0.05, 0) is 39.5 Å². The number of ether oxygens (including phenoxy) is 3. The van der Waals surface area contributed by atoms with Crippen molar-refractivity contribution < 1.29 is 33.4 Å². The van der Waals surface area contributed by atoms with Crippen molar-refractivity contribution in [1.82, 2.24) is 10.2 Å². The fraction of sp³-hybridized carbons (Fsp3) is 0.833. The summed E-state index contributed by atoms with van der Waals surface area (Å²) in [4.78, 5) is 51.3. The number of likely N-dealkylation sites (tertiary alicyclic amines) is 1. The highest BCUT2D eigenvalue weighted by molar-refractivity contribution is 5.88. The fourth-order valence-corrected chi connectivity index (χ4v) is 4.15. The van der Waals surface area contributed by atoms with E-state index in [0.29, 0.717) is 25.9 Å². The van der Waals surface area contributed by atoms with E-state index in [-0.39, 0.29) is 31.1 Å². The lowest BCUT2D eigenvalue weighted by molar-refractivity contribution is -0.168. The maximum Gasteiger partial charge on any atom is 0.324 e. The quantitative estimate of drug-likeness (QED) is 0.247. The van der Waals surface area contributed by atoms with Gasteiger partial charge in [-0.1, -0.05) is 20.3 Å². The standard InChI is InChI=1S/C24H42N2O7/c1-8-10-11-32-22(29)20-18(15-27)14-26(21(20)23(30)33-24(4,5)6)13-17(9-2)19(31-7)12-25-16(3)28/h15,17-21H,8-14H2,1-7H3,(H,25,28). The minimum Gasteiger partial charge on any atom is -0.465 e. The lowest BCUT2D eigenvalue weighted by Crippen LogP contribution is -2.49. The zero-order chi connectivity index (χ0) is 25.2. The maximum absolute atomic E-state index is 13.2. The van der Waals surface area contributed by atoms with Crippen LogP contribution < -0.4 is 5.32 Å². The molecule has 1 amide bonds. The summed E-state index contributed by atoms with van der Waals surface area (Å²) in [6, 6.07) is -0.930. The summed E-state index contributed by atoms with van der Waals surface area (Å²) >= 11 is 0. The Kier molecular flexibility index (Phi) is 12.0. The lowest BCUT2D eigenvalue weighted by atomic mass is 9.91. The molecule has 9 heteroatoms. The molecule has 1 N–H and O–H groups in total. The van der Waals surface area contributed by atoms with E-state index in [1.54, 1.807) is 27.9 Å². The van der Waals surface area contributed by atoms with E-state index in [9.17, 15) is 19.2 Å². The number of aldehydes is 1. The van der Waals surface area contributed by atoms with Gasteiger partial charge < -0.3 is 24.3 Å². The topological polar surface area (TPSA) is 111 Å². The molecule has 0 aliphatic carbocycles. The number of nitrogens with one attached hydrogen (secondary N) is 1. The van der Waals surface area contributed by atoms with Crippen LogP contribution >= 0.6 is 0 Å². The van der Waals surface area contributed by atoms with Gasteiger partial charge in [-0.25, -0.2) is 0 Å². The lowest BCUT2D eigenvalue weighted by Gasteiger charge is -2.33. The fourth-order valence-electron chi connectivity index (χ4n) is 4.15. The largest absolute Gasteiger partial charge is 0.465 e. The molecule has 0 aromatic heterocycles. The predicted octanol–water partition coefficient (Wildman–Crippen LogP) is 1.96. The van der Waals surface area contributed by atoms with Crippen molar-refractivity contribution in [3.8, 4) is 0 Å². The minimum absolute atomic E-state index is 0.0473. The molecule has 0 bridgehead atoms. The zero-order valence-electron chi connectivity index (χ0n) is 21.2. The second-order valence-electron chi connectivity index (χ2n) is 9.66. The summed E-state index contributed by atoms with van der Waals surface area (Å²) in [6.07, 6.45) is 2.73. The number of methoxy groups -OCH3 is 1. The first kappa shape index (κ1) is 29.0. The van der Waals surface area contributed by atoms with Gasteiger partial charge in [0.2, 0.25) is 5.91 Å². The van der Waals surface area contributed by atoms with Gasteiger partial charge in [0.25, 0.3) is 0 Å². The molecule has 1 rings (SSSR count). The van der Waals surface area contributed by atoms with Crippen molar-refractivity contribution in [2.75, 3.05) is 33.4 Å². The highest BCUT2D eigenvalue weighted by atomic mass is 16.6. The van der Waals surface area contributed by atoms with E-state index in [4.69, 9.17) is 14.2 Å². The molecular formula is C24H42N2O7. The third-order valence-corrected chi connectivity index (χ3v) is 5.85. The van der Waals surface area contributed by atoms with Crippen LogP contribution in [0.5, 0.6) is 0 Å². The van der Waals surface area contributed by atoms with Gasteiger partial charge in [-0.2, -0.15) is 0 Å². The Labute approximate surface area is 197 Å². The number of hydrogen-bond acceptors (Lipinski definition) is 8. The summed E-state index contributed by atoms with van der Waals surface area (Å²) in [5.41, 5.74) is -0.747. The number of esters is 2. The molecule has 190 valence electrons. The van der Waals surface area contributed by atoms with Crippen LogP contribution in [0.1, 0.15) is 60.8 Å². The van der Waals surface area contributed by atoms with Crippen LogP contribution in [0.15, 0.2) is 0 Å². The van der Waals surface area contributed by atoms with Crippen molar-refractivity contribution in [2.24, 2.45) is 17.8 Å². The number of hydrogen-bond donors (Lipinski definition) is 1. The number of rotatable bonds is 13. The van der Waals surface area contributed by atoms with Gasteiger partial charge in [-0.3, -0.25) is 19.3 Å². The summed E-state index contributed by atoms with van der Waals surface area (Å²) < 4.78 is 16.7. The number of nitrogens with zero attached hydrogens (tertiary/aromatic N) is 1. The van der Waals surface area contributed by atoms with Crippen molar-refractivity contribution in [1.29, 1.82) is 0 Å². The van der Waals surface area contributed by atoms with Crippen LogP contribution in [-0.2, 0) is 33.4 Å². The molecule has 0 aromatic rings. The Balaban J connectivity index is 3.19. The SMILES string of the molecule is CCCCOC(=O)C1C(C=O)CN(CC(CC)C(CNC(C)=O)OC)C1C(=O)OC(C)(C)C. The molecule has 1 aliphatic rings. The Hall–Kier alpha value is -2.00. The highest BCUT2D eigenvalue weighted by Gasteiger charge is 2.52. The summed E-state index contributed by atoms with van der Waals surface area (Å²) in [7, 11) is 1.58. The molecule has 5 atom stereocenters. The first-order valence-electron chi connectivity index (χ1n) is 11.8. The van der Waals surface area contributed by atoms with Crippen LogP contribution in [0.2, 0.25) is 0 Å². The van der Waals surface area contributed by atoms with Gasteiger partial charge in [0.1, 0.15) is 17.9 Å². The van der Waals surface area contributed by atoms with E-state index in [0.717, 1.165) is 12.7 Å². The van der Waals surface area contributed by atoms with Crippen LogP contribution in [0.4, 0.5) is 0 Å². The zero-order valence-corrected chi connectivity index (χ0v) is 21.2. The molecule has 1 aliphatic heterocycles. The van der Waals surface area contributed by atoms with Gasteiger partial charge in [0, 0.05) is 39.6 Å². The van der Waals surface area contributed by atoms with Crippen LogP contribution in [-0.4, -0.2) is 80.1 Å². The smallest absolute Gasteiger partial charge is 0.324 e. The van der Waals surface area contributed by atoms with Crippen LogP contribution in [0.3, 0.4) is 0 Å². The first-order valence-corrected chi connectivity index (χ1v) is 11.8. The van der Waals surface area contributed by atoms with E-state index < -0.39 is 35.4 Å². The molecular weight excluding hydrogens is 428 g/mol. The molecule has 33 heavy (non-hydrogen) atoms. The molecule has 1 heterocycles. The van der Waals surface area contributed by atoms with Crippen molar-refractivity contribution >= 4 is 24.1 Å². The van der Waals surface area contributed by atoms with E-state index in [1.165, 1.54) is 6.92 Å². The number of unbranched alkanes of at least 4 members (excludes halogenated alkanes) is 1. The predicted molar refractivity (Wildman–Crippen MR) is 123 cm³/mol. The monoisotopic (exact) mass is 470 g/mol. The Morgan fingerprint density at radius 1 is 1.18 bits per heavy atom. The Bertz CT molecular complexity index is 662. The molecule has 0 radical (unpaired) electrons. The second-order valence-corrected chi connectivity index (χ2v) is 9.66. The Morgan fingerprint density at radius 2 is 1.85 bits per heavy atom. The average molecular weight is 471 g/mol. The summed E-state index contributed by atoms with van der Waals surface area (Å²) in [5, 5.41) is 2.77. The van der Waals surface area contributed by atoms with Gasteiger partial charge >= 0.3 is 11.9 Å². The third-order valence-electron chi connectivity index (χ3n) is 5.85. The van der Waals surface area contributed by atoms with Gasteiger partial charge in [0.05, 0.1) is 18.6 Å². The molecule has 0 spiro atoms. The van der Waals surface area contributed by atoms with Gasteiger partial charge in [0.15, 0.2) is 0 Å². The van der Waals surface area contributed by atoms with E-state index >= 15 is 0 Å².